The summed E-state index contributed by atoms with van der Waals surface area (Å²) in [6.45, 7) is 5.59. The van der Waals surface area contributed by atoms with Gasteiger partial charge in [0.05, 0.1) is 24.3 Å². The summed E-state index contributed by atoms with van der Waals surface area (Å²) in [5.41, 5.74) is 1.36. The third-order valence-electron chi connectivity index (χ3n) is 6.78. The summed E-state index contributed by atoms with van der Waals surface area (Å²) in [5, 5.41) is 3.12. The zero-order chi connectivity index (χ0) is 27.1. The number of esters is 1. The highest BCUT2D eigenvalue weighted by Gasteiger charge is 2.43. The second-order valence-corrected chi connectivity index (χ2v) is 9.81. The Kier molecular flexibility index (Phi) is 9.41. The van der Waals surface area contributed by atoms with Crippen LogP contribution in [0, 0.1) is 5.82 Å². The van der Waals surface area contributed by atoms with Gasteiger partial charge in [-0.15, -0.1) is 0 Å². The molecule has 2 heterocycles. The Morgan fingerprint density at radius 3 is 2.37 bits per heavy atom. The van der Waals surface area contributed by atoms with E-state index in [0.29, 0.717) is 28.6 Å². The Balaban J connectivity index is 1.45. The molecule has 2 saturated heterocycles. The number of halogens is 1. The summed E-state index contributed by atoms with van der Waals surface area (Å²) in [5.74, 6) is -1.50. The Morgan fingerprint density at radius 2 is 1.71 bits per heavy atom. The maximum atomic E-state index is 13.5. The molecule has 1 atom stereocenters. The minimum Gasteiger partial charge on any atom is -0.462 e. The molecular weight excluding hydrogens is 507 g/mol. The number of anilines is 2. The van der Waals surface area contributed by atoms with Crippen molar-refractivity contribution in [3.05, 3.63) is 59.9 Å². The van der Waals surface area contributed by atoms with E-state index < -0.39 is 17.8 Å². The molecule has 2 amide bonds. The number of nitrogens with zero attached hydrogens (tertiary/aromatic N) is 3. The van der Waals surface area contributed by atoms with Crippen LogP contribution in [0.1, 0.15) is 49.4 Å². The average Bonchev–Trinajstić information content (AvgIpc) is 3.14. The van der Waals surface area contributed by atoms with Crippen LogP contribution in [0.3, 0.4) is 0 Å². The van der Waals surface area contributed by atoms with Crippen molar-refractivity contribution in [1.82, 2.24) is 9.80 Å². The summed E-state index contributed by atoms with van der Waals surface area (Å²) >= 11 is 5.69. The lowest BCUT2D eigenvalue weighted by molar-refractivity contribution is -0.124. The normalized spacial score (nSPS) is 18.1. The number of nitrogens with one attached hydrogen (secondary N) is 1. The molecule has 38 heavy (non-hydrogen) atoms. The molecule has 2 fully saturated rings. The van der Waals surface area contributed by atoms with Crippen LogP contribution in [-0.2, 0) is 14.3 Å². The SMILES string of the molecule is CCOC(=O)c1ccc(NC(=O)C[C@H]2C(=O)N(c3ccc(F)cc3)C(=S)N2CCCN2CCCCC2)cc1. The second kappa shape index (κ2) is 12.9. The standard InChI is InChI=1S/C28H33FN4O4S/c1-2-37-27(36)20-7-11-22(12-8-20)30-25(34)19-24-26(35)33(23-13-9-21(29)10-14-23)28(38)32(24)18-6-17-31-15-4-3-5-16-31/h7-14,24H,2-6,15-19H2,1H3,(H,30,34)/t24-/m0/s1. The first-order valence-corrected chi connectivity index (χ1v) is 13.5. The number of hydrogen-bond donors (Lipinski definition) is 1. The first-order chi connectivity index (χ1) is 18.4. The van der Waals surface area contributed by atoms with Crippen molar-refractivity contribution in [3.63, 3.8) is 0 Å². The third kappa shape index (κ3) is 6.73. The van der Waals surface area contributed by atoms with Crippen molar-refractivity contribution in [3.8, 4) is 0 Å². The van der Waals surface area contributed by atoms with Crippen molar-refractivity contribution in [2.45, 2.75) is 45.1 Å². The van der Waals surface area contributed by atoms with Crippen molar-refractivity contribution in [2.24, 2.45) is 0 Å². The van der Waals surface area contributed by atoms with E-state index in [-0.39, 0.29) is 24.8 Å². The molecule has 2 aromatic rings. The Hall–Kier alpha value is -3.37. The van der Waals surface area contributed by atoms with Gasteiger partial charge in [-0.2, -0.15) is 0 Å². The molecule has 1 N–H and O–H groups in total. The van der Waals surface area contributed by atoms with Crippen LogP contribution in [0.15, 0.2) is 48.5 Å². The number of amides is 2. The minimum absolute atomic E-state index is 0.0972. The summed E-state index contributed by atoms with van der Waals surface area (Å²) in [4.78, 5) is 44.0. The van der Waals surface area contributed by atoms with Crippen LogP contribution in [0.2, 0.25) is 0 Å². The van der Waals surface area contributed by atoms with Gasteiger partial charge in [0.15, 0.2) is 5.11 Å². The maximum Gasteiger partial charge on any atom is 0.338 e. The fraction of sp³-hybridized carbons (Fsp3) is 0.429. The molecule has 0 radical (unpaired) electrons. The van der Waals surface area contributed by atoms with Gasteiger partial charge in [0.1, 0.15) is 11.9 Å². The molecule has 2 aliphatic heterocycles. The Labute approximate surface area is 227 Å². The number of carbonyl (C=O) groups excluding carboxylic acids is 3. The Bertz CT molecular complexity index is 1150. The predicted molar refractivity (Wildman–Crippen MR) is 148 cm³/mol. The highest BCUT2D eigenvalue weighted by Crippen LogP contribution is 2.28. The molecule has 0 aliphatic carbocycles. The van der Waals surface area contributed by atoms with Gasteiger partial charge < -0.3 is 19.9 Å². The Morgan fingerprint density at radius 1 is 1.03 bits per heavy atom. The first-order valence-electron chi connectivity index (χ1n) is 13.1. The number of hydrogen-bond acceptors (Lipinski definition) is 6. The molecule has 8 nitrogen and oxygen atoms in total. The summed E-state index contributed by atoms with van der Waals surface area (Å²) in [6, 6.07) is 11.2. The molecule has 0 spiro atoms. The zero-order valence-electron chi connectivity index (χ0n) is 21.5. The smallest absolute Gasteiger partial charge is 0.338 e. The van der Waals surface area contributed by atoms with E-state index >= 15 is 0 Å². The van der Waals surface area contributed by atoms with Crippen LogP contribution in [0.25, 0.3) is 0 Å². The van der Waals surface area contributed by atoms with E-state index in [2.05, 4.69) is 10.2 Å². The maximum absolute atomic E-state index is 13.5. The molecule has 0 unspecified atom stereocenters. The lowest BCUT2D eigenvalue weighted by Crippen LogP contribution is -2.40. The van der Waals surface area contributed by atoms with E-state index in [1.807, 2.05) is 4.90 Å². The molecule has 4 rings (SSSR count). The summed E-state index contributed by atoms with van der Waals surface area (Å²) < 4.78 is 18.5. The number of likely N-dealkylation sites (tertiary alicyclic amines) is 1. The average molecular weight is 541 g/mol. The van der Waals surface area contributed by atoms with Gasteiger partial charge in [-0.05, 0) is 107 Å². The van der Waals surface area contributed by atoms with E-state index in [1.165, 1.54) is 48.4 Å². The van der Waals surface area contributed by atoms with Crippen LogP contribution in [-0.4, -0.2) is 71.5 Å². The van der Waals surface area contributed by atoms with Crippen molar-refractivity contribution in [2.75, 3.05) is 43.0 Å². The van der Waals surface area contributed by atoms with Gasteiger partial charge >= 0.3 is 5.97 Å². The van der Waals surface area contributed by atoms with Crippen molar-refractivity contribution >= 4 is 46.5 Å². The molecule has 0 bridgehead atoms. The van der Waals surface area contributed by atoms with Gasteiger partial charge in [0.25, 0.3) is 5.91 Å². The molecule has 2 aromatic carbocycles. The van der Waals surface area contributed by atoms with Crippen LogP contribution >= 0.6 is 12.2 Å². The zero-order valence-corrected chi connectivity index (χ0v) is 22.3. The quantitative estimate of drug-likeness (QED) is 0.357. The number of ether oxygens (including phenoxy) is 1. The number of benzene rings is 2. The molecule has 202 valence electrons. The van der Waals surface area contributed by atoms with Crippen molar-refractivity contribution in [1.29, 1.82) is 0 Å². The number of rotatable bonds is 10. The highest BCUT2D eigenvalue weighted by atomic mass is 32.1. The van der Waals surface area contributed by atoms with Gasteiger partial charge in [-0.3, -0.25) is 14.5 Å². The summed E-state index contributed by atoms with van der Waals surface area (Å²) in [7, 11) is 0. The molecule has 0 saturated carbocycles. The number of piperidine rings is 1. The number of thiocarbonyl (C=S) groups is 1. The first kappa shape index (κ1) is 27.7. The fourth-order valence-electron chi connectivity index (χ4n) is 4.85. The topological polar surface area (TPSA) is 82.2 Å². The summed E-state index contributed by atoms with van der Waals surface area (Å²) in [6.07, 6.45) is 4.36. The van der Waals surface area contributed by atoms with E-state index in [0.717, 1.165) is 26.1 Å². The number of carbonyl (C=O) groups is 3. The lowest BCUT2D eigenvalue weighted by atomic mass is 10.1. The fourth-order valence-corrected chi connectivity index (χ4v) is 5.27. The van der Waals surface area contributed by atoms with E-state index in [1.54, 1.807) is 31.2 Å². The highest BCUT2D eigenvalue weighted by molar-refractivity contribution is 7.80. The van der Waals surface area contributed by atoms with Gasteiger partial charge in [0.2, 0.25) is 5.91 Å². The second-order valence-electron chi connectivity index (χ2n) is 9.45. The molecule has 10 heteroatoms. The minimum atomic E-state index is -0.771. The largest absolute Gasteiger partial charge is 0.462 e. The third-order valence-corrected chi connectivity index (χ3v) is 7.20. The molecule has 0 aromatic heterocycles. The van der Waals surface area contributed by atoms with Crippen LogP contribution < -0.4 is 10.2 Å². The van der Waals surface area contributed by atoms with E-state index in [9.17, 15) is 18.8 Å². The molecular formula is C28H33FN4O4S. The molecule has 2 aliphatic rings. The lowest BCUT2D eigenvalue weighted by Gasteiger charge is -2.28. The monoisotopic (exact) mass is 540 g/mol. The van der Waals surface area contributed by atoms with Crippen molar-refractivity contribution < 1.29 is 23.5 Å². The van der Waals surface area contributed by atoms with E-state index in [4.69, 9.17) is 17.0 Å². The van der Waals surface area contributed by atoms with Crippen LogP contribution in [0.5, 0.6) is 0 Å². The van der Waals surface area contributed by atoms with Crippen LogP contribution in [0.4, 0.5) is 15.8 Å². The predicted octanol–water partition coefficient (Wildman–Crippen LogP) is 4.21. The van der Waals surface area contributed by atoms with Gasteiger partial charge in [0, 0.05) is 12.2 Å². The van der Waals surface area contributed by atoms with Gasteiger partial charge in [-0.25, -0.2) is 9.18 Å². The van der Waals surface area contributed by atoms with Gasteiger partial charge in [-0.1, -0.05) is 6.42 Å².